The third kappa shape index (κ3) is 6.27. The molecule has 1 aromatic carbocycles. The third-order valence-corrected chi connectivity index (χ3v) is 8.99. The molecule has 1 aliphatic rings. The minimum atomic E-state index is -3.45. The van der Waals surface area contributed by atoms with Crippen molar-refractivity contribution in [3.05, 3.63) is 29.3 Å². The summed E-state index contributed by atoms with van der Waals surface area (Å²) in [5.41, 5.74) is 2.89. The number of amides is 2. The predicted molar refractivity (Wildman–Crippen MR) is 128 cm³/mol. The number of nitrogens with one attached hydrogen (secondary N) is 2. The van der Waals surface area contributed by atoms with Crippen LogP contribution in [0.1, 0.15) is 37.3 Å². The van der Waals surface area contributed by atoms with Gasteiger partial charge in [-0.15, -0.1) is 10.2 Å². The molecule has 0 bridgehead atoms. The van der Waals surface area contributed by atoms with Gasteiger partial charge in [-0.2, -0.15) is 4.31 Å². The molecule has 1 saturated heterocycles. The van der Waals surface area contributed by atoms with Gasteiger partial charge in [0.2, 0.25) is 27.0 Å². The lowest BCUT2D eigenvalue weighted by atomic mass is 10.1. The summed E-state index contributed by atoms with van der Waals surface area (Å²) in [4.78, 5) is 24.9. The smallest absolute Gasteiger partial charge is 0.244 e. The van der Waals surface area contributed by atoms with Crippen molar-refractivity contribution in [1.82, 2.24) is 14.5 Å². The molecule has 0 aliphatic carbocycles. The van der Waals surface area contributed by atoms with Crippen LogP contribution in [0, 0.1) is 13.8 Å². The Kier molecular flexibility index (Phi) is 8.26. The summed E-state index contributed by atoms with van der Waals surface area (Å²) >= 11 is 2.38. The van der Waals surface area contributed by atoms with Crippen LogP contribution in [0.5, 0.6) is 0 Å². The first kappa shape index (κ1) is 24.6. The van der Waals surface area contributed by atoms with E-state index in [1.807, 2.05) is 32.0 Å². The summed E-state index contributed by atoms with van der Waals surface area (Å²) in [6.45, 7) is 6.08. The molecule has 3 rings (SSSR count). The van der Waals surface area contributed by atoms with Crippen molar-refractivity contribution >= 4 is 55.8 Å². The molecule has 0 spiro atoms. The first-order valence-corrected chi connectivity index (χ1v) is 13.7. The van der Waals surface area contributed by atoms with E-state index in [0.29, 0.717) is 30.1 Å². The number of hydrogen-bond acceptors (Lipinski definition) is 8. The number of nitrogens with zero attached hydrogens (tertiary/aromatic N) is 3. The van der Waals surface area contributed by atoms with Crippen LogP contribution in [0.25, 0.3) is 0 Å². The van der Waals surface area contributed by atoms with Gasteiger partial charge in [-0.25, -0.2) is 8.42 Å². The van der Waals surface area contributed by atoms with Crippen LogP contribution in [0.2, 0.25) is 0 Å². The summed E-state index contributed by atoms with van der Waals surface area (Å²) < 4.78 is 26.6. The minimum absolute atomic E-state index is 0.0283. The molecule has 2 heterocycles. The van der Waals surface area contributed by atoms with Crippen LogP contribution in [0.3, 0.4) is 0 Å². The SMILES string of the molecule is CCCS(=O)(=O)N1CCC[C@H]1C(=O)Nc1nnc(SCC(=O)Nc2ccc(C)cc2C)s1. The maximum atomic E-state index is 12.7. The number of aryl methyl sites for hydroxylation is 2. The van der Waals surface area contributed by atoms with E-state index in [4.69, 9.17) is 0 Å². The summed E-state index contributed by atoms with van der Waals surface area (Å²) in [6.07, 6.45) is 1.63. The molecule has 1 atom stereocenters. The molecule has 174 valence electrons. The molecule has 32 heavy (non-hydrogen) atoms. The Bertz CT molecular complexity index is 1090. The molecule has 2 aromatic rings. The Morgan fingerprint density at radius 3 is 2.75 bits per heavy atom. The van der Waals surface area contributed by atoms with Crippen LogP contribution in [-0.2, 0) is 19.6 Å². The Morgan fingerprint density at radius 2 is 2.03 bits per heavy atom. The summed E-state index contributed by atoms with van der Waals surface area (Å²) in [6, 6.07) is 5.09. The highest BCUT2D eigenvalue weighted by Crippen LogP contribution is 2.28. The zero-order valence-corrected chi connectivity index (χ0v) is 20.7. The summed E-state index contributed by atoms with van der Waals surface area (Å²) in [5, 5.41) is 13.8. The van der Waals surface area contributed by atoms with Crippen LogP contribution >= 0.6 is 23.1 Å². The number of benzene rings is 1. The van der Waals surface area contributed by atoms with Gasteiger partial charge in [0.05, 0.1) is 11.5 Å². The number of aromatic nitrogens is 2. The van der Waals surface area contributed by atoms with Crippen molar-refractivity contribution in [1.29, 1.82) is 0 Å². The molecule has 2 amide bonds. The lowest BCUT2D eigenvalue weighted by Crippen LogP contribution is -2.44. The van der Waals surface area contributed by atoms with Crippen molar-refractivity contribution in [2.24, 2.45) is 0 Å². The van der Waals surface area contributed by atoms with Crippen molar-refractivity contribution in [2.75, 3.05) is 28.7 Å². The molecule has 9 nitrogen and oxygen atoms in total. The van der Waals surface area contributed by atoms with E-state index in [1.54, 1.807) is 6.92 Å². The molecule has 0 unspecified atom stereocenters. The number of carbonyl (C=O) groups excluding carboxylic acids is 2. The van der Waals surface area contributed by atoms with Crippen LogP contribution < -0.4 is 10.6 Å². The van der Waals surface area contributed by atoms with E-state index in [2.05, 4.69) is 20.8 Å². The number of carbonyl (C=O) groups is 2. The van der Waals surface area contributed by atoms with Gasteiger partial charge in [0.1, 0.15) is 6.04 Å². The Balaban J connectivity index is 1.53. The monoisotopic (exact) mass is 497 g/mol. The van der Waals surface area contributed by atoms with Crippen molar-refractivity contribution in [2.45, 2.75) is 50.4 Å². The number of hydrogen-bond donors (Lipinski definition) is 2. The largest absolute Gasteiger partial charge is 0.325 e. The van der Waals surface area contributed by atoms with Gasteiger partial charge < -0.3 is 5.32 Å². The lowest BCUT2D eigenvalue weighted by molar-refractivity contribution is -0.119. The van der Waals surface area contributed by atoms with Gasteiger partial charge in [-0.05, 0) is 44.7 Å². The molecule has 1 aromatic heterocycles. The molecule has 1 aliphatic heterocycles. The quantitative estimate of drug-likeness (QED) is 0.403. The zero-order chi connectivity index (χ0) is 23.3. The Hall–Kier alpha value is -2.02. The van der Waals surface area contributed by atoms with E-state index in [9.17, 15) is 18.0 Å². The molecule has 12 heteroatoms. The van der Waals surface area contributed by atoms with E-state index >= 15 is 0 Å². The highest BCUT2D eigenvalue weighted by molar-refractivity contribution is 8.01. The van der Waals surface area contributed by atoms with Crippen molar-refractivity contribution in [3.63, 3.8) is 0 Å². The maximum Gasteiger partial charge on any atom is 0.244 e. The van der Waals surface area contributed by atoms with Gasteiger partial charge in [0, 0.05) is 12.2 Å². The van der Waals surface area contributed by atoms with Crippen molar-refractivity contribution in [3.8, 4) is 0 Å². The third-order valence-electron chi connectivity index (χ3n) is 4.95. The predicted octanol–water partition coefficient (Wildman–Crippen LogP) is 3.03. The van der Waals surface area contributed by atoms with Crippen LogP contribution in [0.15, 0.2) is 22.5 Å². The highest BCUT2D eigenvalue weighted by atomic mass is 32.2. The highest BCUT2D eigenvalue weighted by Gasteiger charge is 2.38. The summed E-state index contributed by atoms with van der Waals surface area (Å²) in [7, 11) is -3.45. The molecular weight excluding hydrogens is 470 g/mol. The van der Waals surface area contributed by atoms with E-state index in [-0.39, 0.29) is 22.5 Å². The first-order chi connectivity index (χ1) is 15.2. The lowest BCUT2D eigenvalue weighted by Gasteiger charge is -2.22. The molecule has 1 fully saturated rings. The number of thioether (sulfide) groups is 1. The minimum Gasteiger partial charge on any atom is -0.325 e. The van der Waals surface area contributed by atoms with Crippen molar-refractivity contribution < 1.29 is 18.0 Å². The van der Waals surface area contributed by atoms with E-state index in [1.165, 1.54) is 16.1 Å². The Morgan fingerprint density at radius 1 is 1.25 bits per heavy atom. The second-order valence-corrected chi connectivity index (χ2v) is 11.8. The second kappa shape index (κ2) is 10.7. The molecule has 0 radical (unpaired) electrons. The topological polar surface area (TPSA) is 121 Å². The van der Waals surface area contributed by atoms with Gasteiger partial charge in [-0.1, -0.05) is 47.7 Å². The fourth-order valence-corrected chi connectivity index (χ4v) is 6.79. The number of rotatable bonds is 9. The van der Waals surface area contributed by atoms with E-state index in [0.717, 1.165) is 28.2 Å². The second-order valence-electron chi connectivity index (χ2n) is 7.60. The first-order valence-electron chi connectivity index (χ1n) is 10.3. The fraction of sp³-hybridized carbons (Fsp3) is 0.500. The van der Waals surface area contributed by atoms with Crippen LogP contribution in [0.4, 0.5) is 10.8 Å². The van der Waals surface area contributed by atoms with Gasteiger partial charge in [-0.3, -0.25) is 14.9 Å². The number of sulfonamides is 1. The maximum absolute atomic E-state index is 12.7. The average Bonchev–Trinajstić information content (AvgIpc) is 3.38. The molecule has 2 N–H and O–H groups in total. The fourth-order valence-electron chi connectivity index (χ4n) is 3.49. The summed E-state index contributed by atoms with van der Waals surface area (Å²) in [5.74, 6) is -0.379. The Labute approximate surface area is 196 Å². The van der Waals surface area contributed by atoms with Gasteiger partial charge in [0.25, 0.3) is 0 Å². The number of anilines is 2. The zero-order valence-electron chi connectivity index (χ0n) is 18.3. The normalized spacial score (nSPS) is 16.8. The molecular formula is C20H27N5O4S3. The van der Waals surface area contributed by atoms with Crippen LogP contribution in [-0.4, -0.2) is 58.8 Å². The average molecular weight is 498 g/mol. The van der Waals surface area contributed by atoms with Gasteiger partial charge >= 0.3 is 0 Å². The standard InChI is InChI=1S/C20H27N5O4S3/c1-4-10-32(28,29)25-9-5-6-16(25)18(27)22-19-23-24-20(31-19)30-12-17(26)21-15-8-7-13(2)11-14(15)3/h7-8,11,16H,4-6,9-10,12H2,1-3H3,(H,21,26)(H,22,23,27)/t16-/m0/s1. The molecule has 0 saturated carbocycles. The van der Waals surface area contributed by atoms with E-state index < -0.39 is 22.0 Å². The van der Waals surface area contributed by atoms with Gasteiger partial charge in [0.15, 0.2) is 4.34 Å².